The molecule has 0 bridgehead atoms. The molecule has 2 aromatic heterocycles. The largest absolute Gasteiger partial charge is 0.335 e. The van der Waals surface area contributed by atoms with Crippen LogP contribution in [-0.4, -0.2) is 32.4 Å². The fourth-order valence-corrected chi connectivity index (χ4v) is 2.63. The van der Waals surface area contributed by atoms with Crippen LogP contribution in [0.4, 0.5) is 0 Å². The summed E-state index contributed by atoms with van der Waals surface area (Å²) in [4.78, 5) is 22.7. The predicted molar refractivity (Wildman–Crippen MR) is 93.3 cm³/mol. The van der Waals surface area contributed by atoms with E-state index in [4.69, 9.17) is 11.6 Å². The number of imidazole rings is 1. The summed E-state index contributed by atoms with van der Waals surface area (Å²) >= 11 is 6.04. The number of pyridine rings is 1. The fraction of sp³-hybridized carbons (Fsp3) is 0.167. The van der Waals surface area contributed by atoms with Crippen molar-refractivity contribution in [3.63, 3.8) is 0 Å². The van der Waals surface area contributed by atoms with Crippen LogP contribution in [0.25, 0.3) is 5.82 Å². The Hall–Kier alpha value is -2.66. The van der Waals surface area contributed by atoms with Crippen molar-refractivity contribution in [3.8, 4) is 5.82 Å². The lowest BCUT2D eigenvalue weighted by Gasteiger charge is -2.25. The highest BCUT2D eigenvalue weighted by molar-refractivity contribution is 6.30. The van der Waals surface area contributed by atoms with Crippen molar-refractivity contribution in [1.82, 2.24) is 19.4 Å². The van der Waals surface area contributed by atoms with Crippen LogP contribution < -0.4 is 0 Å². The van der Waals surface area contributed by atoms with Crippen molar-refractivity contribution in [3.05, 3.63) is 77.5 Å². The van der Waals surface area contributed by atoms with E-state index in [1.165, 1.54) is 0 Å². The molecule has 1 atom stereocenters. The van der Waals surface area contributed by atoms with E-state index in [-0.39, 0.29) is 11.9 Å². The van der Waals surface area contributed by atoms with Gasteiger partial charge in [-0.25, -0.2) is 9.97 Å². The van der Waals surface area contributed by atoms with Gasteiger partial charge in [0.2, 0.25) is 0 Å². The maximum atomic E-state index is 12.7. The maximum Gasteiger partial charge on any atom is 0.255 e. The van der Waals surface area contributed by atoms with Crippen LogP contribution in [0.1, 0.15) is 28.9 Å². The molecule has 3 aromatic rings. The molecule has 0 N–H and O–H groups in total. The molecule has 6 heteroatoms. The van der Waals surface area contributed by atoms with Crippen molar-refractivity contribution in [1.29, 1.82) is 0 Å². The van der Waals surface area contributed by atoms with E-state index in [1.54, 1.807) is 53.6 Å². The zero-order valence-corrected chi connectivity index (χ0v) is 14.2. The summed E-state index contributed by atoms with van der Waals surface area (Å²) in [6.07, 6.45) is 6.73. The van der Waals surface area contributed by atoms with E-state index in [0.717, 1.165) is 11.4 Å². The summed E-state index contributed by atoms with van der Waals surface area (Å²) in [5.74, 6) is 0.627. The lowest BCUT2D eigenvalue weighted by atomic mass is 10.1. The first-order chi connectivity index (χ1) is 11.6. The number of carbonyl (C=O) groups is 1. The van der Waals surface area contributed by atoms with E-state index < -0.39 is 0 Å². The second kappa shape index (κ2) is 6.84. The van der Waals surface area contributed by atoms with Gasteiger partial charge in [0.1, 0.15) is 12.1 Å². The third kappa shape index (κ3) is 3.31. The third-order valence-electron chi connectivity index (χ3n) is 4.00. The Balaban J connectivity index is 1.78. The van der Waals surface area contributed by atoms with Crippen LogP contribution in [-0.2, 0) is 0 Å². The van der Waals surface area contributed by atoms with Gasteiger partial charge in [-0.15, -0.1) is 0 Å². The number of halogens is 1. The van der Waals surface area contributed by atoms with E-state index in [2.05, 4.69) is 9.97 Å². The van der Waals surface area contributed by atoms with Gasteiger partial charge in [-0.2, -0.15) is 0 Å². The minimum atomic E-state index is -0.0930. The fourth-order valence-electron chi connectivity index (χ4n) is 2.43. The number of carbonyl (C=O) groups excluding carboxylic acids is 1. The first-order valence-electron chi connectivity index (χ1n) is 7.53. The molecule has 1 unspecified atom stereocenters. The molecule has 2 heterocycles. The van der Waals surface area contributed by atoms with Crippen LogP contribution in [0, 0.1) is 0 Å². The number of hydrogen-bond donors (Lipinski definition) is 0. The highest BCUT2D eigenvalue weighted by Gasteiger charge is 2.19. The van der Waals surface area contributed by atoms with Crippen molar-refractivity contribution in [2.45, 2.75) is 13.0 Å². The smallest absolute Gasteiger partial charge is 0.255 e. The van der Waals surface area contributed by atoms with Crippen LogP contribution in [0.3, 0.4) is 0 Å². The molecule has 0 aliphatic carbocycles. The van der Waals surface area contributed by atoms with E-state index in [0.29, 0.717) is 10.6 Å². The summed E-state index contributed by atoms with van der Waals surface area (Å²) in [7, 11) is 1.78. The summed E-state index contributed by atoms with van der Waals surface area (Å²) in [5, 5.41) is 0.659. The van der Waals surface area contributed by atoms with Crippen LogP contribution in [0.5, 0.6) is 0 Å². The molecular weight excluding hydrogens is 324 g/mol. The molecule has 0 radical (unpaired) electrons. The van der Waals surface area contributed by atoms with Gasteiger partial charge in [0.05, 0.1) is 11.6 Å². The zero-order chi connectivity index (χ0) is 17.1. The monoisotopic (exact) mass is 340 g/mol. The van der Waals surface area contributed by atoms with Crippen molar-refractivity contribution in [2.24, 2.45) is 0 Å². The molecule has 5 nitrogen and oxygen atoms in total. The highest BCUT2D eigenvalue weighted by atomic mass is 35.5. The van der Waals surface area contributed by atoms with E-state index in [9.17, 15) is 4.79 Å². The molecule has 0 saturated heterocycles. The molecule has 0 spiro atoms. The molecule has 1 aromatic carbocycles. The average molecular weight is 341 g/mol. The molecule has 0 aliphatic heterocycles. The Bertz CT molecular complexity index is 830. The minimum Gasteiger partial charge on any atom is -0.335 e. The Labute approximate surface area is 145 Å². The SMILES string of the molecule is CC(c1cccc(Cl)c1)N(C)C(=O)c1ccc(-n2ccnc2)nc1. The van der Waals surface area contributed by atoms with Crippen LogP contribution >= 0.6 is 11.6 Å². The predicted octanol–water partition coefficient (Wildman–Crippen LogP) is 3.75. The number of nitrogens with zero attached hydrogens (tertiary/aromatic N) is 4. The molecule has 122 valence electrons. The highest BCUT2D eigenvalue weighted by Crippen LogP contribution is 2.23. The summed E-state index contributed by atoms with van der Waals surface area (Å²) in [6, 6.07) is 11.0. The van der Waals surface area contributed by atoms with Gasteiger partial charge in [0.15, 0.2) is 0 Å². The topological polar surface area (TPSA) is 51.0 Å². The molecule has 0 fully saturated rings. The van der Waals surface area contributed by atoms with Crippen molar-refractivity contribution < 1.29 is 4.79 Å². The number of aromatic nitrogens is 3. The Kier molecular flexibility index (Phi) is 4.62. The molecule has 24 heavy (non-hydrogen) atoms. The van der Waals surface area contributed by atoms with Gasteiger partial charge in [0, 0.05) is 30.7 Å². The lowest BCUT2D eigenvalue weighted by molar-refractivity contribution is 0.0742. The van der Waals surface area contributed by atoms with Gasteiger partial charge in [-0.1, -0.05) is 23.7 Å². The molecule has 0 saturated carbocycles. The number of amides is 1. The van der Waals surface area contributed by atoms with Gasteiger partial charge in [-0.3, -0.25) is 9.36 Å². The van der Waals surface area contributed by atoms with Gasteiger partial charge >= 0.3 is 0 Å². The van der Waals surface area contributed by atoms with Gasteiger partial charge in [-0.05, 0) is 36.8 Å². The second-order valence-corrected chi connectivity index (χ2v) is 5.96. The van der Waals surface area contributed by atoms with Gasteiger partial charge < -0.3 is 4.90 Å². The van der Waals surface area contributed by atoms with Crippen LogP contribution in [0.2, 0.25) is 5.02 Å². The van der Waals surface area contributed by atoms with Gasteiger partial charge in [0.25, 0.3) is 5.91 Å². The first kappa shape index (κ1) is 16.2. The standard InChI is InChI=1S/C18H17ClN4O/c1-13(14-4-3-5-16(19)10-14)22(2)18(24)15-6-7-17(21-11-15)23-9-8-20-12-23/h3-13H,1-2H3. The van der Waals surface area contributed by atoms with Crippen molar-refractivity contribution in [2.75, 3.05) is 7.05 Å². The molecule has 1 amide bonds. The molecule has 0 aliphatic rings. The van der Waals surface area contributed by atoms with E-state index >= 15 is 0 Å². The first-order valence-corrected chi connectivity index (χ1v) is 7.91. The second-order valence-electron chi connectivity index (χ2n) is 5.52. The Morgan fingerprint density at radius 2 is 2.12 bits per heavy atom. The quantitative estimate of drug-likeness (QED) is 0.726. The normalized spacial score (nSPS) is 12.0. The zero-order valence-electron chi connectivity index (χ0n) is 13.4. The summed E-state index contributed by atoms with van der Waals surface area (Å²) < 4.78 is 1.78. The summed E-state index contributed by atoms with van der Waals surface area (Å²) in [5.41, 5.74) is 1.52. The third-order valence-corrected chi connectivity index (χ3v) is 4.23. The van der Waals surface area contributed by atoms with Crippen molar-refractivity contribution >= 4 is 17.5 Å². The number of hydrogen-bond acceptors (Lipinski definition) is 3. The summed E-state index contributed by atoms with van der Waals surface area (Å²) in [6.45, 7) is 1.97. The van der Waals surface area contributed by atoms with E-state index in [1.807, 2.05) is 31.2 Å². The molecule has 3 rings (SSSR count). The number of rotatable bonds is 4. The Morgan fingerprint density at radius 1 is 1.29 bits per heavy atom. The number of benzene rings is 1. The minimum absolute atomic E-state index is 0.0906. The lowest BCUT2D eigenvalue weighted by Crippen LogP contribution is -2.29. The average Bonchev–Trinajstić information content (AvgIpc) is 3.14. The maximum absolute atomic E-state index is 12.7. The Morgan fingerprint density at radius 3 is 2.75 bits per heavy atom. The molecular formula is C18H17ClN4O. The van der Waals surface area contributed by atoms with Crippen LogP contribution in [0.15, 0.2) is 61.3 Å².